The Morgan fingerprint density at radius 3 is 2.67 bits per heavy atom. The Kier molecular flexibility index (Phi) is 5.05. The number of thiazole rings is 1. The van der Waals surface area contributed by atoms with Crippen molar-refractivity contribution >= 4 is 16.5 Å². The third-order valence-corrected chi connectivity index (χ3v) is 2.81. The van der Waals surface area contributed by atoms with Gasteiger partial charge in [0, 0.05) is 24.2 Å². The third-order valence-electron chi connectivity index (χ3n) is 2.10. The van der Waals surface area contributed by atoms with Gasteiger partial charge in [0.25, 0.3) is 0 Å². The number of anilines is 1. The number of rotatable bonds is 6. The lowest BCUT2D eigenvalue weighted by Crippen LogP contribution is -2.33. The molecule has 0 saturated heterocycles. The van der Waals surface area contributed by atoms with Crippen LogP contribution in [0.1, 0.15) is 20.3 Å². The van der Waals surface area contributed by atoms with Crippen molar-refractivity contribution in [1.82, 2.24) is 9.88 Å². The lowest BCUT2D eigenvalue weighted by Gasteiger charge is -2.23. The summed E-state index contributed by atoms with van der Waals surface area (Å²) in [4.78, 5) is 6.48. The van der Waals surface area contributed by atoms with Gasteiger partial charge in [0.05, 0.1) is 0 Å². The van der Waals surface area contributed by atoms with Crippen molar-refractivity contribution < 1.29 is 0 Å². The Hall–Kier alpha value is -0.610. The minimum absolute atomic E-state index is 0.492. The fourth-order valence-corrected chi connectivity index (χ4v) is 2.27. The molecule has 15 heavy (non-hydrogen) atoms. The van der Waals surface area contributed by atoms with Gasteiger partial charge in [0.1, 0.15) is 0 Å². The van der Waals surface area contributed by atoms with Gasteiger partial charge in [-0.1, -0.05) is 13.8 Å². The molecule has 3 nitrogen and oxygen atoms in total. The first kappa shape index (κ1) is 12.5. The fraction of sp³-hybridized carbons (Fsp3) is 0.727. The zero-order valence-corrected chi connectivity index (χ0v) is 10.8. The molecule has 0 aliphatic rings. The van der Waals surface area contributed by atoms with Crippen LogP contribution in [0.5, 0.6) is 0 Å². The summed E-state index contributed by atoms with van der Waals surface area (Å²) >= 11 is 1.66. The maximum atomic E-state index is 4.26. The molecule has 4 heteroatoms. The van der Waals surface area contributed by atoms with E-state index in [1.807, 2.05) is 11.6 Å². The molecule has 0 radical (unpaired) electrons. The van der Waals surface area contributed by atoms with Gasteiger partial charge in [-0.25, -0.2) is 4.98 Å². The second kappa shape index (κ2) is 6.08. The van der Waals surface area contributed by atoms with Gasteiger partial charge in [-0.3, -0.25) is 0 Å². The van der Waals surface area contributed by atoms with Crippen LogP contribution in [0, 0.1) is 5.92 Å². The predicted molar refractivity (Wildman–Crippen MR) is 67.5 cm³/mol. The Balaban J connectivity index is 2.48. The van der Waals surface area contributed by atoms with E-state index in [-0.39, 0.29) is 0 Å². The van der Waals surface area contributed by atoms with E-state index in [1.165, 1.54) is 6.42 Å². The van der Waals surface area contributed by atoms with Crippen molar-refractivity contribution in [2.24, 2.45) is 5.92 Å². The van der Waals surface area contributed by atoms with Gasteiger partial charge in [-0.2, -0.15) is 0 Å². The summed E-state index contributed by atoms with van der Waals surface area (Å²) in [6.07, 6.45) is 3.02. The second-order valence-electron chi connectivity index (χ2n) is 4.57. The van der Waals surface area contributed by atoms with Crippen molar-refractivity contribution in [3.05, 3.63) is 11.6 Å². The quantitative estimate of drug-likeness (QED) is 0.809. The molecule has 1 aromatic heterocycles. The van der Waals surface area contributed by atoms with Crippen molar-refractivity contribution in [2.45, 2.75) is 26.3 Å². The highest BCUT2D eigenvalue weighted by atomic mass is 32.1. The monoisotopic (exact) mass is 227 g/mol. The average molecular weight is 227 g/mol. The Labute approximate surface area is 96.5 Å². The molecular formula is C11H21N3S. The molecule has 0 bridgehead atoms. The highest BCUT2D eigenvalue weighted by Gasteiger charge is 2.12. The lowest BCUT2D eigenvalue weighted by atomic mass is 10.0. The number of aromatic nitrogens is 1. The van der Waals surface area contributed by atoms with E-state index < -0.39 is 0 Å². The summed E-state index contributed by atoms with van der Waals surface area (Å²) in [7, 11) is 4.22. The highest BCUT2D eigenvalue weighted by Crippen LogP contribution is 2.15. The molecule has 0 aliphatic heterocycles. The van der Waals surface area contributed by atoms with Crippen LogP contribution in [0.4, 0.5) is 5.13 Å². The molecule has 0 aromatic carbocycles. The Bertz CT molecular complexity index is 247. The normalized spacial score (nSPS) is 13.5. The van der Waals surface area contributed by atoms with Crippen molar-refractivity contribution in [3.63, 3.8) is 0 Å². The van der Waals surface area contributed by atoms with Crippen molar-refractivity contribution in [1.29, 1.82) is 0 Å². The molecule has 1 rings (SSSR count). The molecule has 0 saturated carbocycles. The number of hydrogen-bond donors (Lipinski definition) is 1. The van der Waals surface area contributed by atoms with E-state index in [4.69, 9.17) is 0 Å². The van der Waals surface area contributed by atoms with Gasteiger partial charge in [-0.15, -0.1) is 11.3 Å². The van der Waals surface area contributed by atoms with E-state index in [1.54, 1.807) is 11.3 Å². The Morgan fingerprint density at radius 1 is 1.47 bits per heavy atom. The summed E-state index contributed by atoms with van der Waals surface area (Å²) in [6, 6.07) is 0.492. The van der Waals surface area contributed by atoms with Crippen LogP contribution in [0.3, 0.4) is 0 Å². The van der Waals surface area contributed by atoms with Crippen molar-refractivity contribution in [3.8, 4) is 0 Å². The van der Waals surface area contributed by atoms with Crippen LogP contribution in [0.2, 0.25) is 0 Å². The number of nitrogens with one attached hydrogen (secondary N) is 1. The maximum absolute atomic E-state index is 4.26. The first-order valence-corrected chi connectivity index (χ1v) is 6.26. The Morgan fingerprint density at radius 2 is 2.20 bits per heavy atom. The zero-order valence-electron chi connectivity index (χ0n) is 10.0. The van der Waals surface area contributed by atoms with Gasteiger partial charge in [0.2, 0.25) is 0 Å². The molecule has 0 fully saturated rings. The summed E-state index contributed by atoms with van der Waals surface area (Å²) in [5.74, 6) is 0.711. The summed E-state index contributed by atoms with van der Waals surface area (Å²) < 4.78 is 0. The molecule has 1 aromatic rings. The molecule has 1 N–H and O–H groups in total. The third kappa shape index (κ3) is 5.14. The van der Waals surface area contributed by atoms with Crippen LogP contribution in [-0.2, 0) is 0 Å². The molecule has 0 spiro atoms. The van der Waals surface area contributed by atoms with Crippen molar-refractivity contribution in [2.75, 3.05) is 26.0 Å². The highest BCUT2D eigenvalue weighted by molar-refractivity contribution is 7.13. The van der Waals surface area contributed by atoms with Crippen LogP contribution in [0.25, 0.3) is 0 Å². The molecule has 86 valence electrons. The van der Waals surface area contributed by atoms with Gasteiger partial charge < -0.3 is 10.2 Å². The number of hydrogen-bond acceptors (Lipinski definition) is 4. The second-order valence-corrected chi connectivity index (χ2v) is 5.46. The predicted octanol–water partition coefficient (Wildman–Crippen LogP) is 2.53. The first-order chi connectivity index (χ1) is 7.08. The van der Waals surface area contributed by atoms with Gasteiger partial charge in [0.15, 0.2) is 5.13 Å². The smallest absolute Gasteiger partial charge is 0.182 e. The van der Waals surface area contributed by atoms with E-state index in [9.17, 15) is 0 Å². The van der Waals surface area contributed by atoms with E-state index in [0.29, 0.717) is 12.0 Å². The fourth-order valence-electron chi connectivity index (χ4n) is 1.66. The summed E-state index contributed by atoms with van der Waals surface area (Å²) in [5, 5.41) is 6.52. The van der Waals surface area contributed by atoms with Gasteiger partial charge in [-0.05, 0) is 26.4 Å². The minimum Gasteiger partial charge on any atom is -0.357 e. The van der Waals surface area contributed by atoms with Crippen LogP contribution < -0.4 is 5.32 Å². The minimum atomic E-state index is 0.492. The first-order valence-electron chi connectivity index (χ1n) is 5.38. The molecule has 0 aliphatic carbocycles. The topological polar surface area (TPSA) is 28.2 Å². The molecule has 1 atom stereocenters. The largest absolute Gasteiger partial charge is 0.357 e. The lowest BCUT2D eigenvalue weighted by molar-refractivity contribution is 0.356. The number of nitrogens with zero attached hydrogens (tertiary/aromatic N) is 2. The van der Waals surface area contributed by atoms with Crippen LogP contribution in [-0.4, -0.2) is 36.6 Å². The van der Waals surface area contributed by atoms with Crippen LogP contribution in [0.15, 0.2) is 11.6 Å². The van der Waals surface area contributed by atoms with Gasteiger partial charge >= 0.3 is 0 Å². The molecule has 1 heterocycles. The molecule has 1 unspecified atom stereocenters. The summed E-state index contributed by atoms with van der Waals surface area (Å²) in [6.45, 7) is 5.57. The standard InChI is InChI=1S/C11H21N3S/c1-9(2)7-10(8-14(3)4)13-11-12-5-6-15-11/h5-6,9-10H,7-8H2,1-4H3,(H,12,13). The van der Waals surface area contributed by atoms with Crippen LogP contribution >= 0.6 is 11.3 Å². The summed E-state index contributed by atoms with van der Waals surface area (Å²) in [5.41, 5.74) is 0. The SMILES string of the molecule is CC(C)CC(CN(C)C)Nc1nccs1. The van der Waals surface area contributed by atoms with E-state index in [0.717, 1.165) is 11.7 Å². The molecular weight excluding hydrogens is 206 g/mol. The van der Waals surface area contributed by atoms with E-state index in [2.05, 4.69) is 43.1 Å². The maximum Gasteiger partial charge on any atom is 0.182 e. The number of likely N-dealkylation sites (N-methyl/N-ethyl adjacent to an activating group) is 1. The molecule has 0 amide bonds. The van der Waals surface area contributed by atoms with E-state index >= 15 is 0 Å². The average Bonchev–Trinajstić information content (AvgIpc) is 2.53. The zero-order chi connectivity index (χ0) is 11.3.